The summed E-state index contributed by atoms with van der Waals surface area (Å²) >= 11 is 0. The fraction of sp³-hybridized carbons (Fsp3) is 0.174. The van der Waals surface area contributed by atoms with Crippen molar-refractivity contribution in [3.05, 3.63) is 60.1 Å². The molecule has 0 fully saturated rings. The minimum absolute atomic E-state index is 0.170. The highest BCUT2D eigenvalue weighted by atomic mass is 16.5. The van der Waals surface area contributed by atoms with E-state index in [9.17, 15) is 4.79 Å². The van der Waals surface area contributed by atoms with Crippen LogP contribution in [-0.4, -0.2) is 42.7 Å². The van der Waals surface area contributed by atoms with Gasteiger partial charge < -0.3 is 24.1 Å². The highest BCUT2D eigenvalue weighted by Gasteiger charge is 2.18. The first-order chi connectivity index (χ1) is 15.5. The molecule has 2 heterocycles. The number of aromatic nitrogens is 2. The average molecular weight is 433 g/mol. The monoisotopic (exact) mass is 433 g/mol. The van der Waals surface area contributed by atoms with E-state index in [-0.39, 0.29) is 11.5 Å². The average Bonchev–Trinajstić information content (AvgIpc) is 3.40. The highest BCUT2D eigenvalue weighted by molar-refractivity contribution is 6.09. The summed E-state index contributed by atoms with van der Waals surface area (Å²) in [6, 6.07) is 10.6. The van der Waals surface area contributed by atoms with Gasteiger partial charge in [-0.15, -0.1) is 0 Å². The zero-order valence-corrected chi connectivity index (χ0v) is 17.9. The number of nitrogens with zero attached hydrogens (tertiary/aromatic N) is 2. The predicted molar refractivity (Wildman–Crippen MR) is 122 cm³/mol. The van der Waals surface area contributed by atoms with Crippen molar-refractivity contribution in [2.45, 2.75) is 6.42 Å². The van der Waals surface area contributed by atoms with Gasteiger partial charge in [0.15, 0.2) is 17.5 Å². The van der Waals surface area contributed by atoms with Crippen molar-refractivity contribution in [1.82, 2.24) is 14.9 Å². The molecule has 4 rings (SSSR count). The van der Waals surface area contributed by atoms with Crippen LogP contribution in [0.4, 0.5) is 5.69 Å². The number of imidazole rings is 1. The molecule has 0 bridgehead atoms. The van der Waals surface area contributed by atoms with Gasteiger partial charge in [0.1, 0.15) is 5.82 Å². The molecule has 0 atom stereocenters. The Hall–Kier alpha value is -4.27. The van der Waals surface area contributed by atoms with E-state index in [0.29, 0.717) is 22.9 Å². The standard InChI is InChI=1S/C23H23N5O4/c1-30-18-11-15(12-19(31-2)21(18)32-3)22(29)27-23(24)25-16-7-4-6-14(10-16)17-13-28-9-5-8-20(28)26-17/h4-7,9-13H,8H2,1-3H3,(H3,24,25,27,29). The zero-order chi connectivity index (χ0) is 22.7. The summed E-state index contributed by atoms with van der Waals surface area (Å²) in [7, 11) is 4.43. The van der Waals surface area contributed by atoms with Crippen LogP contribution in [0.3, 0.4) is 0 Å². The Kier molecular flexibility index (Phi) is 5.80. The van der Waals surface area contributed by atoms with Crippen LogP contribution in [0.5, 0.6) is 17.2 Å². The van der Waals surface area contributed by atoms with Gasteiger partial charge in [0.25, 0.3) is 5.91 Å². The number of allylic oxidation sites excluding steroid dienone is 1. The molecule has 3 aromatic rings. The summed E-state index contributed by atoms with van der Waals surface area (Å²) in [6.45, 7) is 0. The van der Waals surface area contributed by atoms with Gasteiger partial charge >= 0.3 is 0 Å². The van der Waals surface area contributed by atoms with Crippen LogP contribution < -0.4 is 24.8 Å². The smallest absolute Gasteiger partial charge is 0.258 e. The van der Waals surface area contributed by atoms with Crippen molar-refractivity contribution in [2.75, 3.05) is 26.6 Å². The molecule has 9 nitrogen and oxygen atoms in total. The van der Waals surface area contributed by atoms with Gasteiger partial charge in [-0.3, -0.25) is 15.5 Å². The van der Waals surface area contributed by atoms with Crippen molar-refractivity contribution >= 4 is 23.8 Å². The summed E-state index contributed by atoms with van der Waals surface area (Å²) in [5.74, 6) is 1.42. The fourth-order valence-electron chi connectivity index (χ4n) is 3.45. The number of amides is 1. The molecule has 0 spiro atoms. The summed E-state index contributed by atoms with van der Waals surface area (Å²) < 4.78 is 17.8. The number of benzene rings is 2. The Bertz CT molecular complexity index is 1190. The molecule has 0 saturated heterocycles. The Balaban J connectivity index is 1.47. The maximum Gasteiger partial charge on any atom is 0.258 e. The van der Waals surface area contributed by atoms with Crippen LogP contribution in [0.25, 0.3) is 17.5 Å². The lowest BCUT2D eigenvalue weighted by Gasteiger charge is -2.14. The van der Waals surface area contributed by atoms with E-state index in [1.165, 1.54) is 33.5 Å². The first kappa shape index (κ1) is 21.0. The summed E-state index contributed by atoms with van der Waals surface area (Å²) in [5, 5.41) is 13.6. The molecule has 164 valence electrons. The number of carbonyl (C=O) groups is 1. The van der Waals surface area contributed by atoms with Gasteiger partial charge in [-0.25, -0.2) is 4.98 Å². The van der Waals surface area contributed by atoms with Crippen molar-refractivity contribution in [3.8, 4) is 28.5 Å². The van der Waals surface area contributed by atoms with E-state index in [1.807, 2.05) is 41.2 Å². The van der Waals surface area contributed by atoms with Gasteiger partial charge in [0.05, 0.1) is 27.0 Å². The highest BCUT2D eigenvalue weighted by Crippen LogP contribution is 2.38. The van der Waals surface area contributed by atoms with Crippen LogP contribution in [0, 0.1) is 5.41 Å². The van der Waals surface area contributed by atoms with Gasteiger partial charge in [0, 0.05) is 35.6 Å². The molecule has 9 heteroatoms. The maximum atomic E-state index is 12.7. The van der Waals surface area contributed by atoms with E-state index in [1.54, 1.807) is 0 Å². The van der Waals surface area contributed by atoms with E-state index < -0.39 is 5.91 Å². The maximum absolute atomic E-state index is 12.7. The molecule has 2 aromatic carbocycles. The number of rotatable bonds is 6. The molecule has 1 aliphatic rings. The van der Waals surface area contributed by atoms with Crippen molar-refractivity contribution in [1.29, 1.82) is 5.41 Å². The third-order valence-electron chi connectivity index (χ3n) is 4.97. The number of guanidine groups is 1. The number of carbonyl (C=O) groups excluding carboxylic acids is 1. The molecular formula is C23H23N5O4. The lowest BCUT2D eigenvalue weighted by Crippen LogP contribution is -2.35. The molecule has 0 saturated carbocycles. The van der Waals surface area contributed by atoms with Crippen LogP contribution in [0.15, 0.2) is 48.7 Å². The SMILES string of the molecule is COc1cc(C(=O)NC(=N)Nc2cccc(-c3cn4c(n3)CC=C4)c2)cc(OC)c1OC. The third kappa shape index (κ3) is 4.13. The molecule has 0 radical (unpaired) electrons. The van der Waals surface area contributed by atoms with Crippen LogP contribution in [-0.2, 0) is 6.42 Å². The number of hydrogen-bond acceptors (Lipinski definition) is 6. The van der Waals surface area contributed by atoms with E-state index in [2.05, 4.69) is 21.7 Å². The Morgan fingerprint density at radius 2 is 1.84 bits per heavy atom. The molecular weight excluding hydrogens is 410 g/mol. The Morgan fingerprint density at radius 1 is 1.09 bits per heavy atom. The molecule has 1 aromatic heterocycles. The Labute approximate surface area is 185 Å². The van der Waals surface area contributed by atoms with Crippen LogP contribution in [0.2, 0.25) is 0 Å². The first-order valence-electron chi connectivity index (χ1n) is 9.84. The molecule has 3 N–H and O–H groups in total. The molecule has 0 aliphatic carbocycles. The first-order valence-corrected chi connectivity index (χ1v) is 9.84. The number of hydrogen-bond donors (Lipinski definition) is 3. The van der Waals surface area contributed by atoms with Crippen LogP contribution >= 0.6 is 0 Å². The molecule has 0 unspecified atom stereocenters. The summed E-state index contributed by atoms with van der Waals surface area (Å²) in [6.07, 6.45) is 6.83. The molecule has 32 heavy (non-hydrogen) atoms. The van der Waals surface area contributed by atoms with Crippen molar-refractivity contribution in [3.63, 3.8) is 0 Å². The second-order valence-corrected chi connectivity index (χ2v) is 6.99. The van der Waals surface area contributed by atoms with Gasteiger partial charge in [-0.2, -0.15) is 0 Å². The number of ether oxygens (including phenoxy) is 3. The van der Waals surface area contributed by atoms with Gasteiger partial charge in [-0.1, -0.05) is 18.2 Å². The van der Waals surface area contributed by atoms with Crippen LogP contribution in [0.1, 0.15) is 16.2 Å². The van der Waals surface area contributed by atoms with Crippen molar-refractivity contribution in [2.24, 2.45) is 0 Å². The number of fused-ring (bicyclic) bond motifs is 1. The number of methoxy groups -OCH3 is 3. The number of nitrogens with one attached hydrogen (secondary N) is 3. The molecule has 1 amide bonds. The lowest BCUT2D eigenvalue weighted by atomic mass is 10.1. The van der Waals surface area contributed by atoms with Gasteiger partial charge in [-0.05, 0) is 24.3 Å². The quantitative estimate of drug-likeness (QED) is 0.406. The van der Waals surface area contributed by atoms with Crippen molar-refractivity contribution < 1.29 is 19.0 Å². The summed E-state index contributed by atoms with van der Waals surface area (Å²) in [4.78, 5) is 17.3. The second kappa shape index (κ2) is 8.84. The number of anilines is 1. The van der Waals surface area contributed by atoms with E-state index >= 15 is 0 Å². The summed E-state index contributed by atoms with van der Waals surface area (Å²) in [5.41, 5.74) is 2.68. The molecule has 1 aliphatic heterocycles. The van der Waals surface area contributed by atoms with E-state index in [0.717, 1.165) is 23.5 Å². The minimum Gasteiger partial charge on any atom is -0.493 e. The predicted octanol–water partition coefficient (Wildman–Crippen LogP) is 3.38. The van der Waals surface area contributed by atoms with Gasteiger partial charge in [0.2, 0.25) is 5.75 Å². The largest absolute Gasteiger partial charge is 0.493 e. The second-order valence-electron chi connectivity index (χ2n) is 6.99. The minimum atomic E-state index is -0.491. The lowest BCUT2D eigenvalue weighted by molar-refractivity contribution is 0.0976. The fourth-order valence-corrected chi connectivity index (χ4v) is 3.45. The topological polar surface area (TPSA) is 110 Å². The zero-order valence-electron chi connectivity index (χ0n) is 17.9. The van der Waals surface area contributed by atoms with E-state index in [4.69, 9.17) is 19.6 Å². The normalized spacial score (nSPS) is 11.6. The Morgan fingerprint density at radius 3 is 2.50 bits per heavy atom. The third-order valence-corrected chi connectivity index (χ3v) is 4.97.